The van der Waals surface area contributed by atoms with E-state index in [1.807, 2.05) is 0 Å². The van der Waals surface area contributed by atoms with Crippen LogP contribution < -0.4 is 0 Å². The quantitative estimate of drug-likeness (QED) is 0.762. The predicted octanol–water partition coefficient (Wildman–Crippen LogP) is 0.844. The average Bonchev–Trinajstić information content (AvgIpc) is 2.27. The molecule has 0 aromatic heterocycles. The predicted molar refractivity (Wildman–Crippen MR) is 61.2 cm³/mol. The molecule has 4 nitrogen and oxygen atoms in total. The molecule has 94 valence electrons. The number of aliphatic hydroxyl groups is 1. The first-order valence-electron chi connectivity index (χ1n) is 6.16. The third-order valence-electron chi connectivity index (χ3n) is 3.49. The second-order valence-corrected chi connectivity index (χ2v) is 5.72. The molecule has 2 fully saturated rings. The molecule has 16 heavy (non-hydrogen) atoms. The summed E-state index contributed by atoms with van der Waals surface area (Å²) in [6.07, 6.45) is 1.84. The Hall–Kier alpha value is -0.160. The third-order valence-corrected chi connectivity index (χ3v) is 3.49. The van der Waals surface area contributed by atoms with Crippen LogP contribution in [0.4, 0.5) is 0 Å². The number of hydrogen-bond acceptors (Lipinski definition) is 4. The van der Waals surface area contributed by atoms with Crippen molar-refractivity contribution in [2.45, 2.75) is 32.5 Å². The molecule has 0 aromatic rings. The second-order valence-electron chi connectivity index (χ2n) is 5.72. The first-order chi connectivity index (χ1) is 7.55. The number of hydrogen-bond donors (Lipinski definition) is 1. The van der Waals surface area contributed by atoms with Gasteiger partial charge in [0.05, 0.1) is 19.8 Å². The lowest BCUT2D eigenvalue weighted by atomic mass is 9.92. The Morgan fingerprint density at radius 2 is 1.69 bits per heavy atom. The summed E-state index contributed by atoms with van der Waals surface area (Å²) in [5, 5.41) is 8.88. The molecule has 1 spiro atoms. The van der Waals surface area contributed by atoms with Crippen LogP contribution in [0.25, 0.3) is 0 Å². The summed E-state index contributed by atoms with van der Waals surface area (Å²) in [5.74, 6) is -0.332. The van der Waals surface area contributed by atoms with Gasteiger partial charge in [0.25, 0.3) is 0 Å². The van der Waals surface area contributed by atoms with E-state index in [0.29, 0.717) is 0 Å². The van der Waals surface area contributed by atoms with Gasteiger partial charge in [-0.25, -0.2) is 0 Å². The lowest BCUT2D eigenvalue weighted by molar-refractivity contribution is -0.313. The molecule has 0 bridgehead atoms. The summed E-state index contributed by atoms with van der Waals surface area (Å²) < 4.78 is 11.9. The zero-order chi connectivity index (χ0) is 11.6. The Balaban J connectivity index is 1.84. The smallest absolute Gasteiger partial charge is 0.170 e. The van der Waals surface area contributed by atoms with Crippen molar-refractivity contribution >= 4 is 0 Å². The molecule has 4 heteroatoms. The van der Waals surface area contributed by atoms with Gasteiger partial charge in [0, 0.05) is 37.9 Å². The van der Waals surface area contributed by atoms with E-state index in [1.165, 1.54) is 0 Å². The van der Waals surface area contributed by atoms with Crippen LogP contribution >= 0.6 is 0 Å². The van der Waals surface area contributed by atoms with Crippen LogP contribution in [-0.4, -0.2) is 55.2 Å². The van der Waals surface area contributed by atoms with Crippen molar-refractivity contribution < 1.29 is 14.6 Å². The van der Waals surface area contributed by atoms with E-state index < -0.39 is 0 Å². The second kappa shape index (κ2) is 4.61. The van der Waals surface area contributed by atoms with Crippen LogP contribution in [0, 0.1) is 5.41 Å². The van der Waals surface area contributed by atoms with E-state index in [4.69, 9.17) is 14.6 Å². The van der Waals surface area contributed by atoms with E-state index in [2.05, 4.69) is 18.7 Å². The number of aliphatic hydroxyl groups excluding tert-OH is 1. The molecule has 0 saturated carbocycles. The maximum atomic E-state index is 8.88. The van der Waals surface area contributed by atoms with Crippen LogP contribution in [0.1, 0.15) is 26.7 Å². The van der Waals surface area contributed by atoms with Crippen molar-refractivity contribution in [1.29, 1.82) is 0 Å². The lowest BCUT2D eigenvalue weighted by Gasteiger charge is -2.47. The van der Waals surface area contributed by atoms with Gasteiger partial charge in [0.15, 0.2) is 5.79 Å². The molecule has 2 aliphatic rings. The Morgan fingerprint density at radius 1 is 1.12 bits per heavy atom. The molecule has 0 aromatic carbocycles. The zero-order valence-electron chi connectivity index (χ0n) is 10.4. The van der Waals surface area contributed by atoms with Crippen molar-refractivity contribution in [2.75, 3.05) is 39.5 Å². The van der Waals surface area contributed by atoms with Crippen molar-refractivity contribution in [1.82, 2.24) is 4.90 Å². The molecular formula is C12H23NO3. The maximum Gasteiger partial charge on any atom is 0.170 e. The summed E-state index contributed by atoms with van der Waals surface area (Å²) >= 11 is 0. The van der Waals surface area contributed by atoms with Crippen LogP contribution in [-0.2, 0) is 9.47 Å². The van der Waals surface area contributed by atoms with Crippen molar-refractivity contribution in [3.8, 4) is 0 Å². The number of β-amino-alcohol motifs (C(OH)–C–C–N with tert-alkyl or cyclic N) is 1. The Morgan fingerprint density at radius 3 is 2.19 bits per heavy atom. The molecule has 2 rings (SSSR count). The van der Waals surface area contributed by atoms with E-state index in [9.17, 15) is 0 Å². The molecule has 0 unspecified atom stereocenters. The van der Waals surface area contributed by atoms with E-state index in [1.54, 1.807) is 0 Å². The Labute approximate surface area is 97.5 Å². The number of rotatable bonds is 2. The summed E-state index contributed by atoms with van der Waals surface area (Å²) in [7, 11) is 0. The SMILES string of the molecule is CC1(C)COC2(CCN(CCO)CC2)OC1. The molecule has 2 saturated heterocycles. The van der Waals surface area contributed by atoms with Gasteiger partial charge in [-0.2, -0.15) is 0 Å². The molecule has 0 amide bonds. The number of ether oxygens (including phenoxy) is 2. The van der Waals surface area contributed by atoms with Gasteiger partial charge in [0.1, 0.15) is 0 Å². The molecule has 2 aliphatic heterocycles. The minimum absolute atomic E-state index is 0.146. The van der Waals surface area contributed by atoms with Crippen LogP contribution in [0.15, 0.2) is 0 Å². The highest BCUT2D eigenvalue weighted by atomic mass is 16.7. The van der Waals surface area contributed by atoms with Crippen molar-refractivity contribution in [3.05, 3.63) is 0 Å². The fraction of sp³-hybridized carbons (Fsp3) is 1.00. The van der Waals surface area contributed by atoms with Gasteiger partial charge in [-0.3, -0.25) is 0 Å². The molecular weight excluding hydrogens is 206 g/mol. The van der Waals surface area contributed by atoms with Crippen LogP contribution in [0.2, 0.25) is 0 Å². The first-order valence-corrected chi connectivity index (χ1v) is 6.16. The minimum atomic E-state index is -0.332. The monoisotopic (exact) mass is 229 g/mol. The average molecular weight is 229 g/mol. The Kier molecular flexibility index (Phi) is 3.54. The third kappa shape index (κ3) is 2.74. The summed E-state index contributed by atoms with van der Waals surface area (Å²) in [6, 6.07) is 0. The topological polar surface area (TPSA) is 41.9 Å². The zero-order valence-corrected chi connectivity index (χ0v) is 10.4. The largest absolute Gasteiger partial charge is 0.395 e. The maximum absolute atomic E-state index is 8.88. The van der Waals surface area contributed by atoms with E-state index >= 15 is 0 Å². The van der Waals surface area contributed by atoms with Gasteiger partial charge < -0.3 is 19.5 Å². The van der Waals surface area contributed by atoms with E-state index in [0.717, 1.165) is 45.7 Å². The fourth-order valence-corrected chi connectivity index (χ4v) is 2.28. The van der Waals surface area contributed by atoms with Crippen molar-refractivity contribution in [2.24, 2.45) is 5.41 Å². The van der Waals surface area contributed by atoms with Gasteiger partial charge >= 0.3 is 0 Å². The highest BCUT2D eigenvalue weighted by Gasteiger charge is 2.42. The van der Waals surface area contributed by atoms with Gasteiger partial charge in [0.2, 0.25) is 0 Å². The summed E-state index contributed by atoms with van der Waals surface area (Å²) in [5.41, 5.74) is 0.146. The summed E-state index contributed by atoms with van der Waals surface area (Å²) in [4.78, 5) is 2.26. The van der Waals surface area contributed by atoms with Gasteiger partial charge in [-0.1, -0.05) is 13.8 Å². The van der Waals surface area contributed by atoms with Gasteiger partial charge in [-0.15, -0.1) is 0 Å². The first kappa shape index (κ1) is 12.3. The standard InChI is InChI=1S/C12H23NO3/c1-11(2)9-15-12(16-10-11)3-5-13(6-4-12)7-8-14/h14H,3-10H2,1-2H3. The van der Waals surface area contributed by atoms with Crippen molar-refractivity contribution in [3.63, 3.8) is 0 Å². The number of piperidine rings is 1. The molecule has 0 atom stereocenters. The Bertz CT molecular complexity index is 222. The molecule has 2 heterocycles. The molecule has 0 aliphatic carbocycles. The molecule has 1 N–H and O–H groups in total. The van der Waals surface area contributed by atoms with Gasteiger partial charge in [-0.05, 0) is 0 Å². The van der Waals surface area contributed by atoms with Crippen LogP contribution in [0.5, 0.6) is 0 Å². The lowest BCUT2D eigenvalue weighted by Crippen LogP contribution is -2.53. The highest BCUT2D eigenvalue weighted by molar-refractivity contribution is 4.85. The summed E-state index contributed by atoms with van der Waals surface area (Å²) in [6.45, 7) is 8.83. The number of likely N-dealkylation sites (tertiary alicyclic amines) is 1. The number of nitrogens with zero attached hydrogens (tertiary/aromatic N) is 1. The highest BCUT2D eigenvalue weighted by Crippen LogP contribution is 2.35. The fourth-order valence-electron chi connectivity index (χ4n) is 2.28. The minimum Gasteiger partial charge on any atom is -0.395 e. The van der Waals surface area contributed by atoms with E-state index in [-0.39, 0.29) is 17.8 Å². The molecule has 0 radical (unpaired) electrons. The van der Waals surface area contributed by atoms with Crippen LogP contribution in [0.3, 0.4) is 0 Å². The normalized spacial score (nSPS) is 29.4.